The number of carbonyl (C=O) groups excluding carboxylic acids is 4. The molecule has 0 spiro atoms. The van der Waals surface area contributed by atoms with Gasteiger partial charge in [0, 0.05) is 25.7 Å². The smallest absolute Gasteiger partial charge is 0.462 e. The van der Waals surface area contributed by atoms with Crippen LogP contribution in [0.3, 0.4) is 0 Å². The Labute approximate surface area is 596 Å². The first-order valence-corrected chi connectivity index (χ1v) is 42.2. The number of phosphoric ester groups is 2. The maximum Gasteiger partial charge on any atom is 0.472 e. The molecule has 0 radical (unpaired) electrons. The van der Waals surface area contributed by atoms with Gasteiger partial charge in [-0.3, -0.25) is 37.3 Å². The van der Waals surface area contributed by atoms with E-state index in [0.717, 1.165) is 167 Å². The van der Waals surface area contributed by atoms with Crippen molar-refractivity contribution in [3.63, 3.8) is 0 Å². The van der Waals surface area contributed by atoms with Crippen LogP contribution in [0, 0.1) is 0 Å². The molecule has 3 N–H and O–H groups in total. The molecule has 0 amide bonds. The third kappa shape index (κ3) is 70.9. The minimum atomic E-state index is -4.97. The molecule has 17 nitrogen and oxygen atoms in total. The molecule has 0 aliphatic heterocycles. The predicted octanol–water partition coefficient (Wildman–Crippen LogP) is 22.4. The van der Waals surface area contributed by atoms with E-state index in [0.29, 0.717) is 25.7 Å². The number of unbranched alkanes of at least 4 members (excludes halogenated alkanes) is 36. The lowest BCUT2D eigenvalue weighted by Crippen LogP contribution is -2.30. The summed E-state index contributed by atoms with van der Waals surface area (Å²) in [5, 5.41) is 10.6. The second-order valence-electron chi connectivity index (χ2n) is 26.3. The summed E-state index contributed by atoms with van der Waals surface area (Å²) in [6, 6.07) is 0. The Kier molecular flexibility index (Phi) is 69.3. The van der Waals surface area contributed by atoms with Crippen molar-refractivity contribution in [2.45, 2.75) is 367 Å². The van der Waals surface area contributed by atoms with E-state index in [1.54, 1.807) is 0 Å². The molecular weight excluding hydrogens is 1280 g/mol. The number of aliphatic hydroxyl groups excluding tert-OH is 1. The second-order valence-corrected chi connectivity index (χ2v) is 29.2. The summed E-state index contributed by atoms with van der Waals surface area (Å²) in [5.41, 5.74) is 0. The van der Waals surface area contributed by atoms with Crippen molar-refractivity contribution in [1.29, 1.82) is 0 Å². The zero-order valence-electron chi connectivity index (χ0n) is 62.2. The van der Waals surface area contributed by atoms with Gasteiger partial charge in [0.05, 0.1) is 26.4 Å². The van der Waals surface area contributed by atoms with Gasteiger partial charge in [-0.15, -0.1) is 0 Å². The van der Waals surface area contributed by atoms with Crippen LogP contribution < -0.4 is 0 Å². The van der Waals surface area contributed by atoms with Crippen molar-refractivity contribution in [2.24, 2.45) is 0 Å². The van der Waals surface area contributed by atoms with Gasteiger partial charge in [-0.25, -0.2) is 9.13 Å². The fourth-order valence-electron chi connectivity index (χ4n) is 10.7. The Morgan fingerprint density at radius 2 is 0.551 bits per heavy atom. The van der Waals surface area contributed by atoms with Gasteiger partial charge in [-0.05, 0) is 109 Å². The summed E-state index contributed by atoms with van der Waals surface area (Å²) in [4.78, 5) is 72.9. The average molecular weight is 1430 g/mol. The fourth-order valence-corrected chi connectivity index (χ4v) is 12.3. The number of hydrogen-bond acceptors (Lipinski definition) is 15. The van der Waals surface area contributed by atoms with Crippen LogP contribution >= 0.6 is 15.6 Å². The van der Waals surface area contributed by atoms with Crippen molar-refractivity contribution < 1.29 is 80.2 Å². The van der Waals surface area contributed by atoms with Crippen molar-refractivity contribution >= 4 is 39.5 Å². The Morgan fingerprint density at radius 1 is 0.296 bits per heavy atom. The van der Waals surface area contributed by atoms with E-state index in [9.17, 15) is 43.2 Å². The van der Waals surface area contributed by atoms with E-state index in [2.05, 4.69) is 101 Å². The van der Waals surface area contributed by atoms with E-state index in [-0.39, 0.29) is 25.7 Å². The Hall–Kier alpha value is -3.50. The Bertz CT molecular complexity index is 2140. The molecule has 0 aromatic carbocycles. The van der Waals surface area contributed by atoms with Gasteiger partial charge in [-0.2, -0.15) is 0 Å². The summed E-state index contributed by atoms with van der Waals surface area (Å²) >= 11 is 0. The van der Waals surface area contributed by atoms with Crippen LogP contribution in [0.2, 0.25) is 0 Å². The van der Waals surface area contributed by atoms with Crippen LogP contribution in [0.5, 0.6) is 0 Å². The van der Waals surface area contributed by atoms with Crippen molar-refractivity contribution in [2.75, 3.05) is 39.6 Å². The molecule has 0 bridgehead atoms. The molecule has 0 aromatic heterocycles. The number of hydrogen-bond donors (Lipinski definition) is 3. The van der Waals surface area contributed by atoms with Crippen molar-refractivity contribution in [3.8, 4) is 0 Å². The summed E-state index contributed by atoms with van der Waals surface area (Å²) < 4.78 is 68.5. The molecule has 0 heterocycles. The van der Waals surface area contributed by atoms with Gasteiger partial charge in [0.15, 0.2) is 12.2 Å². The van der Waals surface area contributed by atoms with Crippen molar-refractivity contribution in [1.82, 2.24) is 0 Å². The lowest BCUT2D eigenvalue weighted by atomic mass is 10.0. The molecule has 570 valence electrons. The van der Waals surface area contributed by atoms with Crippen LogP contribution in [0.25, 0.3) is 0 Å². The number of carbonyl (C=O) groups is 4. The normalized spacial score (nSPS) is 14.3. The quantitative estimate of drug-likeness (QED) is 0.0169. The number of rotatable bonds is 74. The molecule has 0 saturated carbocycles. The molecule has 0 aliphatic rings. The van der Waals surface area contributed by atoms with Gasteiger partial charge in [0.25, 0.3) is 0 Å². The molecule has 0 rings (SSSR count). The van der Waals surface area contributed by atoms with Gasteiger partial charge in [0.1, 0.15) is 19.3 Å². The maximum atomic E-state index is 13.1. The third-order valence-electron chi connectivity index (χ3n) is 16.6. The zero-order chi connectivity index (χ0) is 71.8. The van der Waals surface area contributed by atoms with Crippen molar-refractivity contribution in [3.05, 3.63) is 72.9 Å². The van der Waals surface area contributed by atoms with Gasteiger partial charge in [-0.1, -0.05) is 287 Å². The highest BCUT2D eigenvalue weighted by atomic mass is 31.2. The first-order chi connectivity index (χ1) is 47.7. The largest absolute Gasteiger partial charge is 0.472 e. The molecule has 19 heteroatoms. The summed E-state index contributed by atoms with van der Waals surface area (Å²) in [6.45, 7) is 4.70. The molecule has 98 heavy (non-hydrogen) atoms. The average Bonchev–Trinajstić information content (AvgIpc) is 1.04. The highest BCUT2D eigenvalue weighted by Crippen LogP contribution is 2.45. The minimum absolute atomic E-state index is 0.0798. The topological polar surface area (TPSA) is 237 Å². The van der Waals surface area contributed by atoms with Crippen LogP contribution in [0.1, 0.15) is 349 Å². The maximum absolute atomic E-state index is 13.1. The van der Waals surface area contributed by atoms with E-state index in [4.69, 9.17) is 37.0 Å². The number of ether oxygens (including phenoxy) is 4. The van der Waals surface area contributed by atoms with E-state index < -0.39 is 97.5 Å². The second kappa shape index (κ2) is 71.9. The third-order valence-corrected chi connectivity index (χ3v) is 18.5. The van der Waals surface area contributed by atoms with Gasteiger partial charge < -0.3 is 33.8 Å². The fraction of sp³-hybridized carbons (Fsp3) is 0.797. The number of esters is 4. The summed E-state index contributed by atoms with van der Waals surface area (Å²) in [6.07, 6.45) is 71.7. The monoisotopic (exact) mass is 1420 g/mol. The predicted molar refractivity (Wildman–Crippen MR) is 400 cm³/mol. The standard InChI is InChI=1S/C79H142O17P2/c1-5-9-13-17-21-25-29-33-36-40-43-47-51-55-59-63-76(81)89-69-74(95-78(83)65-61-57-53-49-45-39-32-28-24-20-16-12-8-4)71-93-97(85,86)91-67-73(80)68-92-98(87,88)94-72-75(96-79(84)66-62-58-54-50-46-42-38-35-31-27-23-19-15-11-7-3)70-90-77(82)64-60-56-52-48-44-41-37-34-30-26-22-18-14-10-6-2/h10,14,16,20,22,26,28,32-34,36-37,73-75,80H,5-9,11-13,15,17-19,21,23-25,27,29-31,35,38-72H2,1-4H3,(H,85,86)(H,87,88)/b14-10-,20-16-,26-22-,32-28-,36-33-,37-34-. The van der Waals surface area contributed by atoms with Gasteiger partial charge >= 0.3 is 39.5 Å². The van der Waals surface area contributed by atoms with Crippen LogP contribution in [-0.2, 0) is 65.4 Å². The first kappa shape index (κ1) is 94.5. The number of aliphatic hydroxyl groups is 1. The lowest BCUT2D eigenvalue weighted by Gasteiger charge is -2.21. The Balaban J connectivity index is 5.34. The first-order valence-electron chi connectivity index (χ1n) is 39.2. The van der Waals surface area contributed by atoms with Crippen LogP contribution in [0.4, 0.5) is 0 Å². The number of phosphoric acid groups is 2. The zero-order valence-corrected chi connectivity index (χ0v) is 64.0. The van der Waals surface area contributed by atoms with Crippen LogP contribution in [0.15, 0.2) is 72.9 Å². The summed E-state index contributed by atoms with van der Waals surface area (Å²) in [5.74, 6) is -2.19. The van der Waals surface area contributed by atoms with Crippen LogP contribution in [-0.4, -0.2) is 96.7 Å². The molecule has 5 atom stereocenters. The highest BCUT2D eigenvalue weighted by Gasteiger charge is 2.30. The molecule has 5 unspecified atom stereocenters. The van der Waals surface area contributed by atoms with E-state index in [1.807, 2.05) is 0 Å². The summed E-state index contributed by atoms with van der Waals surface area (Å²) in [7, 11) is -9.95. The molecule has 0 fully saturated rings. The Morgan fingerprint density at radius 3 is 0.867 bits per heavy atom. The highest BCUT2D eigenvalue weighted by molar-refractivity contribution is 7.47. The lowest BCUT2D eigenvalue weighted by molar-refractivity contribution is -0.161. The van der Waals surface area contributed by atoms with E-state index in [1.165, 1.54) is 103 Å². The molecule has 0 aliphatic carbocycles. The van der Waals surface area contributed by atoms with E-state index >= 15 is 0 Å². The number of allylic oxidation sites excluding steroid dienone is 12. The minimum Gasteiger partial charge on any atom is -0.462 e. The molecule has 0 aromatic rings. The molecule has 0 saturated heterocycles. The molecular formula is C79H142O17P2. The SMILES string of the molecule is CC/C=C\C/C=C\C/C=C\CCCCCCCC(=O)OCC(COP(=O)(O)OCC(O)COP(=O)(O)OCC(COC(=O)CCCCCCC/C=C\CCCCCCCC)OC(=O)CCCCCCC/C=C\C/C=C\CCC)OC(=O)CCCCCCCCCCCCCCCCC. The van der Waals surface area contributed by atoms with Gasteiger partial charge in [0.2, 0.25) is 0 Å².